The summed E-state index contributed by atoms with van der Waals surface area (Å²) in [5.74, 6) is 0. The van der Waals surface area contributed by atoms with E-state index in [1.54, 1.807) is 11.3 Å². The van der Waals surface area contributed by atoms with Crippen LogP contribution in [0.4, 0.5) is 0 Å². The number of nitrogens with zero attached hydrogens (tertiary/aromatic N) is 3. The molecule has 0 saturated heterocycles. The Morgan fingerprint density at radius 3 is 2.81 bits per heavy atom. The Morgan fingerprint density at radius 2 is 2.05 bits per heavy atom. The van der Waals surface area contributed by atoms with Crippen LogP contribution in [0.2, 0.25) is 0 Å². The van der Waals surface area contributed by atoms with Crippen LogP contribution >= 0.6 is 11.3 Å². The molecule has 0 aliphatic rings. The van der Waals surface area contributed by atoms with Gasteiger partial charge in [-0.1, -0.05) is 30.7 Å². The van der Waals surface area contributed by atoms with Gasteiger partial charge in [0.1, 0.15) is 5.01 Å². The lowest BCUT2D eigenvalue weighted by atomic mass is 10.1. The first-order valence-corrected chi connectivity index (χ1v) is 8.08. The second-order valence-electron chi connectivity index (χ2n) is 5.28. The van der Waals surface area contributed by atoms with E-state index in [9.17, 15) is 0 Å². The summed E-state index contributed by atoms with van der Waals surface area (Å²) in [6.45, 7) is 7.06. The highest BCUT2D eigenvalue weighted by Crippen LogP contribution is 2.23. The topological polar surface area (TPSA) is 30.7 Å². The minimum Gasteiger partial charge on any atom is -0.262 e. The van der Waals surface area contributed by atoms with Crippen molar-refractivity contribution in [1.29, 1.82) is 0 Å². The van der Waals surface area contributed by atoms with Gasteiger partial charge in [0.25, 0.3) is 0 Å². The number of rotatable bonds is 4. The lowest BCUT2D eigenvalue weighted by molar-refractivity contribution is 0.642. The molecule has 0 aliphatic heterocycles. The van der Waals surface area contributed by atoms with Crippen LogP contribution in [0.5, 0.6) is 0 Å². The fourth-order valence-electron chi connectivity index (χ4n) is 2.47. The average Bonchev–Trinajstić information content (AvgIpc) is 3.06. The van der Waals surface area contributed by atoms with Crippen LogP contribution in [0.3, 0.4) is 0 Å². The smallest absolute Gasteiger partial charge is 0.115 e. The summed E-state index contributed by atoms with van der Waals surface area (Å²) in [7, 11) is 0. The number of benzene rings is 1. The zero-order valence-electron chi connectivity index (χ0n) is 12.6. The summed E-state index contributed by atoms with van der Waals surface area (Å²) in [6, 6.07) is 10.6. The van der Waals surface area contributed by atoms with Crippen molar-refractivity contribution in [2.75, 3.05) is 0 Å². The first-order valence-electron chi connectivity index (χ1n) is 7.20. The van der Waals surface area contributed by atoms with Crippen LogP contribution in [-0.2, 0) is 13.0 Å². The summed E-state index contributed by atoms with van der Waals surface area (Å²) in [6.07, 6.45) is 0.997. The van der Waals surface area contributed by atoms with Gasteiger partial charge in [-0.15, -0.1) is 11.3 Å². The number of aromatic nitrogens is 3. The van der Waals surface area contributed by atoms with Crippen LogP contribution < -0.4 is 0 Å². The van der Waals surface area contributed by atoms with Gasteiger partial charge in [-0.05, 0) is 32.4 Å². The highest BCUT2D eigenvalue weighted by Gasteiger charge is 2.09. The molecule has 0 saturated carbocycles. The molecule has 3 nitrogen and oxygen atoms in total. The first-order chi connectivity index (χ1) is 10.2. The molecule has 0 radical (unpaired) electrons. The molecule has 0 N–H and O–H groups in total. The Balaban J connectivity index is 1.85. The van der Waals surface area contributed by atoms with Crippen molar-refractivity contribution in [2.45, 2.75) is 33.7 Å². The van der Waals surface area contributed by atoms with Gasteiger partial charge in [0.05, 0.1) is 17.9 Å². The second-order valence-corrected chi connectivity index (χ2v) is 6.23. The third-order valence-corrected chi connectivity index (χ3v) is 4.33. The average molecular weight is 297 g/mol. The van der Waals surface area contributed by atoms with Gasteiger partial charge < -0.3 is 0 Å². The number of aryl methyl sites for hydroxylation is 3. The van der Waals surface area contributed by atoms with Crippen LogP contribution in [0.25, 0.3) is 11.3 Å². The van der Waals surface area contributed by atoms with Crippen molar-refractivity contribution in [1.82, 2.24) is 14.8 Å². The Labute approximate surface area is 129 Å². The Morgan fingerprint density at radius 1 is 1.19 bits per heavy atom. The van der Waals surface area contributed by atoms with Crippen LogP contribution in [0.15, 0.2) is 35.7 Å². The largest absolute Gasteiger partial charge is 0.262 e. The van der Waals surface area contributed by atoms with Crippen molar-refractivity contribution < 1.29 is 0 Å². The van der Waals surface area contributed by atoms with Gasteiger partial charge >= 0.3 is 0 Å². The van der Waals surface area contributed by atoms with E-state index in [0.29, 0.717) is 0 Å². The van der Waals surface area contributed by atoms with E-state index in [1.165, 1.54) is 16.8 Å². The Kier molecular flexibility index (Phi) is 3.88. The molecule has 2 aromatic heterocycles. The quantitative estimate of drug-likeness (QED) is 0.721. The zero-order valence-corrected chi connectivity index (χ0v) is 13.4. The third-order valence-electron chi connectivity index (χ3n) is 3.50. The Hall–Kier alpha value is -1.94. The molecule has 0 unspecified atom stereocenters. The molecule has 21 heavy (non-hydrogen) atoms. The van der Waals surface area contributed by atoms with Crippen molar-refractivity contribution in [2.24, 2.45) is 0 Å². The maximum atomic E-state index is 4.76. The molecule has 3 rings (SSSR count). The van der Waals surface area contributed by atoms with Crippen LogP contribution in [0.1, 0.15) is 28.9 Å². The fourth-order valence-corrected chi connectivity index (χ4v) is 3.25. The summed E-state index contributed by atoms with van der Waals surface area (Å²) in [4.78, 5) is 4.76. The third kappa shape index (κ3) is 3.05. The normalized spacial score (nSPS) is 11.0. The highest BCUT2D eigenvalue weighted by atomic mass is 32.1. The first kappa shape index (κ1) is 14.0. The second kappa shape index (κ2) is 5.82. The summed E-state index contributed by atoms with van der Waals surface area (Å²) in [5.41, 5.74) is 5.84. The van der Waals surface area contributed by atoms with Crippen LogP contribution in [-0.4, -0.2) is 14.8 Å². The molecular formula is C17H19N3S. The molecule has 108 valence electrons. The molecule has 0 bridgehead atoms. The van der Waals surface area contributed by atoms with E-state index >= 15 is 0 Å². The molecule has 3 aromatic rings. The van der Waals surface area contributed by atoms with Crippen LogP contribution in [0, 0.1) is 13.8 Å². The standard InChI is InChI=1S/C17H19N3S/c1-4-15-9-13(3)19-20(15)10-17-18-16(11-21-17)14-7-5-6-12(2)8-14/h5-9,11H,4,10H2,1-3H3. The molecule has 1 aromatic carbocycles. The lowest BCUT2D eigenvalue weighted by Crippen LogP contribution is -2.05. The van der Waals surface area contributed by atoms with Gasteiger partial charge in [0.15, 0.2) is 0 Å². The van der Waals surface area contributed by atoms with E-state index in [4.69, 9.17) is 4.98 Å². The predicted octanol–water partition coefficient (Wildman–Crippen LogP) is 4.23. The van der Waals surface area contributed by atoms with E-state index in [1.807, 2.05) is 6.92 Å². The van der Waals surface area contributed by atoms with Gasteiger partial charge in [0.2, 0.25) is 0 Å². The highest BCUT2D eigenvalue weighted by molar-refractivity contribution is 7.09. The fraction of sp³-hybridized carbons (Fsp3) is 0.294. The minimum absolute atomic E-state index is 0.757. The van der Waals surface area contributed by atoms with Crippen molar-refractivity contribution in [3.8, 4) is 11.3 Å². The van der Waals surface area contributed by atoms with Gasteiger partial charge in [-0.25, -0.2) is 4.98 Å². The summed E-state index contributed by atoms with van der Waals surface area (Å²) >= 11 is 1.70. The number of hydrogen-bond acceptors (Lipinski definition) is 3. The molecule has 0 fully saturated rings. The molecule has 0 amide bonds. The minimum atomic E-state index is 0.757. The van der Waals surface area contributed by atoms with Gasteiger partial charge in [0, 0.05) is 16.6 Å². The van der Waals surface area contributed by atoms with Gasteiger partial charge in [-0.2, -0.15) is 5.10 Å². The van der Waals surface area contributed by atoms with E-state index in [-0.39, 0.29) is 0 Å². The predicted molar refractivity (Wildman–Crippen MR) is 87.7 cm³/mol. The van der Waals surface area contributed by atoms with E-state index < -0.39 is 0 Å². The summed E-state index contributed by atoms with van der Waals surface area (Å²) < 4.78 is 2.06. The Bertz CT molecular complexity index is 755. The zero-order chi connectivity index (χ0) is 14.8. The maximum absolute atomic E-state index is 4.76. The van der Waals surface area contributed by atoms with E-state index in [0.717, 1.165) is 29.4 Å². The van der Waals surface area contributed by atoms with Crippen molar-refractivity contribution >= 4 is 11.3 Å². The molecule has 0 aliphatic carbocycles. The SMILES string of the molecule is CCc1cc(C)nn1Cc1nc(-c2cccc(C)c2)cs1. The molecule has 0 spiro atoms. The number of thiazole rings is 1. The van der Waals surface area contributed by atoms with Gasteiger partial charge in [-0.3, -0.25) is 4.68 Å². The maximum Gasteiger partial charge on any atom is 0.115 e. The molecule has 4 heteroatoms. The summed E-state index contributed by atoms with van der Waals surface area (Å²) in [5, 5.41) is 7.79. The van der Waals surface area contributed by atoms with Crippen molar-refractivity contribution in [3.63, 3.8) is 0 Å². The molecular weight excluding hydrogens is 278 g/mol. The molecule has 0 atom stereocenters. The number of hydrogen-bond donors (Lipinski definition) is 0. The lowest BCUT2D eigenvalue weighted by Gasteiger charge is -2.03. The van der Waals surface area contributed by atoms with E-state index in [2.05, 4.69) is 59.3 Å². The van der Waals surface area contributed by atoms with Crippen molar-refractivity contribution in [3.05, 3.63) is 57.7 Å². The molecule has 2 heterocycles. The monoisotopic (exact) mass is 297 g/mol.